The highest BCUT2D eigenvalue weighted by molar-refractivity contribution is 8.00. The minimum atomic E-state index is -1.07. The van der Waals surface area contributed by atoms with Gasteiger partial charge < -0.3 is 20.2 Å². The average Bonchev–Trinajstić information content (AvgIpc) is 2.94. The molecule has 0 radical (unpaired) electrons. The number of carbonyl (C=O) groups excluding carboxylic acids is 2. The number of hydrogen-bond acceptors (Lipinski definition) is 5. The Morgan fingerprint density at radius 1 is 1.36 bits per heavy atom. The van der Waals surface area contributed by atoms with Gasteiger partial charge in [-0.15, -0.1) is 11.8 Å². The molecule has 1 aromatic heterocycles. The van der Waals surface area contributed by atoms with Crippen molar-refractivity contribution >= 4 is 35.2 Å². The third-order valence-electron chi connectivity index (χ3n) is 3.79. The largest absolute Gasteiger partial charge is 0.478 e. The standard InChI is InChI=1S/C17H16N2O5S/c1-8-12(17(22)23)6-11(24-8)7-18-16(21)10-3-4-14-13(5-10)19-15(20)9(2)25-14/h3-6,9H,7H2,1-2H3,(H,18,21)(H,19,20)(H,22,23)/t9-/m1/s1. The van der Waals surface area contributed by atoms with Crippen molar-refractivity contribution in [3.05, 3.63) is 46.9 Å². The van der Waals surface area contributed by atoms with Crippen LogP contribution in [-0.2, 0) is 11.3 Å². The quantitative estimate of drug-likeness (QED) is 0.773. The van der Waals surface area contributed by atoms with Gasteiger partial charge in [0, 0.05) is 10.5 Å². The summed E-state index contributed by atoms with van der Waals surface area (Å²) in [6.07, 6.45) is 0. The van der Waals surface area contributed by atoms with Crippen LogP contribution in [0, 0.1) is 6.92 Å². The Morgan fingerprint density at radius 2 is 2.12 bits per heavy atom. The van der Waals surface area contributed by atoms with E-state index in [9.17, 15) is 14.4 Å². The molecule has 25 heavy (non-hydrogen) atoms. The van der Waals surface area contributed by atoms with Gasteiger partial charge in [0.05, 0.1) is 17.5 Å². The van der Waals surface area contributed by atoms with Gasteiger partial charge in [0.25, 0.3) is 5.91 Å². The molecule has 0 unspecified atom stereocenters. The number of carboxylic acid groups (broad SMARTS) is 1. The summed E-state index contributed by atoms with van der Waals surface area (Å²) in [5, 5.41) is 14.3. The van der Waals surface area contributed by atoms with Gasteiger partial charge in [-0.25, -0.2) is 4.79 Å². The molecule has 2 amide bonds. The summed E-state index contributed by atoms with van der Waals surface area (Å²) in [7, 11) is 0. The predicted octanol–water partition coefficient (Wildman–Crippen LogP) is 2.65. The van der Waals surface area contributed by atoms with Crippen molar-refractivity contribution < 1.29 is 23.9 Å². The van der Waals surface area contributed by atoms with Crippen molar-refractivity contribution in [2.45, 2.75) is 30.5 Å². The molecule has 8 heteroatoms. The minimum Gasteiger partial charge on any atom is -0.478 e. The molecular formula is C17H16N2O5S. The predicted molar refractivity (Wildman–Crippen MR) is 92.0 cm³/mol. The second-order valence-electron chi connectivity index (χ2n) is 5.63. The maximum absolute atomic E-state index is 12.3. The number of amides is 2. The number of aromatic carboxylic acids is 1. The van der Waals surface area contributed by atoms with Crippen molar-refractivity contribution in [1.82, 2.24) is 5.32 Å². The van der Waals surface area contributed by atoms with E-state index in [4.69, 9.17) is 9.52 Å². The summed E-state index contributed by atoms with van der Waals surface area (Å²) >= 11 is 1.44. The molecule has 1 aliphatic rings. The van der Waals surface area contributed by atoms with Gasteiger partial charge in [-0.1, -0.05) is 0 Å². The number of fused-ring (bicyclic) bond motifs is 1. The number of carboxylic acids is 1. The molecule has 0 spiro atoms. The highest BCUT2D eigenvalue weighted by atomic mass is 32.2. The van der Waals surface area contributed by atoms with E-state index < -0.39 is 5.97 Å². The topological polar surface area (TPSA) is 109 Å². The van der Waals surface area contributed by atoms with Crippen molar-refractivity contribution in [2.24, 2.45) is 0 Å². The van der Waals surface area contributed by atoms with Crippen molar-refractivity contribution in [3.63, 3.8) is 0 Å². The number of hydrogen-bond donors (Lipinski definition) is 3. The number of carbonyl (C=O) groups is 3. The van der Waals surface area contributed by atoms with E-state index in [0.717, 1.165) is 4.90 Å². The molecule has 130 valence electrons. The molecule has 2 aromatic rings. The van der Waals surface area contributed by atoms with Gasteiger partial charge in [0.2, 0.25) is 5.91 Å². The number of thioether (sulfide) groups is 1. The molecule has 1 aromatic carbocycles. The fourth-order valence-corrected chi connectivity index (χ4v) is 3.39. The van der Waals surface area contributed by atoms with Crippen LogP contribution in [0.25, 0.3) is 0 Å². The fraction of sp³-hybridized carbons (Fsp3) is 0.235. The molecule has 1 atom stereocenters. The summed E-state index contributed by atoms with van der Waals surface area (Å²) in [6.45, 7) is 3.45. The molecule has 3 N–H and O–H groups in total. The Hall–Kier alpha value is -2.74. The first kappa shape index (κ1) is 17.1. The van der Waals surface area contributed by atoms with Gasteiger partial charge >= 0.3 is 5.97 Å². The van der Waals surface area contributed by atoms with Crippen LogP contribution < -0.4 is 10.6 Å². The second kappa shape index (κ2) is 6.64. The summed E-state index contributed by atoms with van der Waals surface area (Å²) in [6, 6.07) is 6.49. The number of nitrogens with one attached hydrogen (secondary N) is 2. The Kier molecular flexibility index (Phi) is 4.54. The minimum absolute atomic E-state index is 0.0716. The number of aryl methyl sites for hydroxylation is 1. The van der Waals surface area contributed by atoms with Gasteiger partial charge in [-0.05, 0) is 38.1 Å². The monoisotopic (exact) mass is 360 g/mol. The van der Waals surface area contributed by atoms with E-state index in [0.29, 0.717) is 22.8 Å². The summed E-state index contributed by atoms with van der Waals surface area (Å²) in [5.74, 6) is -0.858. The van der Waals surface area contributed by atoms with E-state index in [1.165, 1.54) is 17.8 Å². The molecular weight excluding hydrogens is 344 g/mol. The molecule has 0 saturated heterocycles. The van der Waals surface area contributed by atoms with Crippen LogP contribution >= 0.6 is 11.8 Å². The summed E-state index contributed by atoms with van der Waals surface area (Å²) in [5.41, 5.74) is 1.09. The van der Waals surface area contributed by atoms with Crippen molar-refractivity contribution in [1.29, 1.82) is 0 Å². The van der Waals surface area contributed by atoms with Crippen LogP contribution in [0.15, 0.2) is 33.6 Å². The zero-order valence-electron chi connectivity index (χ0n) is 13.6. The number of furan rings is 1. The Labute approximate surface area is 147 Å². The van der Waals surface area contributed by atoms with E-state index in [-0.39, 0.29) is 29.2 Å². The lowest BCUT2D eigenvalue weighted by Crippen LogP contribution is -2.27. The van der Waals surface area contributed by atoms with Crippen LogP contribution in [0.5, 0.6) is 0 Å². The van der Waals surface area contributed by atoms with Crippen molar-refractivity contribution in [2.75, 3.05) is 5.32 Å². The maximum atomic E-state index is 12.3. The molecule has 0 bridgehead atoms. The summed E-state index contributed by atoms with van der Waals surface area (Å²) in [4.78, 5) is 35.9. The van der Waals surface area contributed by atoms with Crippen LogP contribution in [0.2, 0.25) is 0 Å². The van der Waals surface area contributed by atoms with Crippen molar-refractivity contribution in [3.8, 4) is 0 Å². The average molecular weight is 360 g/mol. The van der Waals surface area contributed by atoms with E-state index in [1.54, 1.807) is 25.1 Å². The lowest BCUT2D eigenvalue weighted by Gasteiger charge is -2.21. The third kappa shape index (κ3) is 3.53. The Bertz CT molecular complexity index is 874. The Balaban J connectivity index is 1.70. The second-order valence-corrected chi connectivity index (χ2v) is 7.01. The van der Waals surface area contributed by atoms with Gasteiger partial charge in [-0.2, -0.15) is 0 Å². The smallest absolute Gasteiger partial charge is 0.339 e. The molecule has 2 heterocycles. The molecule has 0 saturated carbocycles. The molecule has 7 nitrogen and oxygen atoms in total. The number of benzene rings is 1. The zero-order valence-corrected chi connectivity index (χ0v) is 14.4. The first-order valence-corrected chi connectivity index (χ1v) is 8.45. The molecule has 0 aliphatic carbocycles. The fourth-order valence-electron chi connectivity index (χ4n) is 2.46. The molecule has 3 rings (SSSR count). The Morgan fingerprint density at radius 3 is 2.80 bits per heavy atom. The first-order valence-electron chi connectivity index (χ1n) is 7.57. The third-order valence-corrected chi connectivity index (χ3v) is 4.97. The number of anilines is 1. The lowest BCUT2D eigenvalue weighted by molar-refractivity contribution is -0.115. The van der Waals surface area contributed by atoms with Crippen LogP contribution in [0.1, 0.15) is 39.2 Å². The molecule has 0 fully saturated rings. The van der Waals surface area contributed by atoms with E-state index >= 15 is 0 Å². The van der Waals surface area contributed by atoms with Gasteiger partial charge in [-0.3, -0.25) is 9.59 Å². The summed E-state index contributed by atoms with van der Waals surface area (Å²) < 4.78 is 5.32. The highest BCUT2D eigenvalue weighted by Gasteiger charge is 2.23. The van der Waals surface area contributed by atoms with Gasteiger partial charge in [0.15, 0.2) is 0 Å². The molecule has 1 aliphatic heterocycles. The van der Waals surface area contributed by atoms with Gasteiger partial charge in [0.1, 0.15) is 17.1 Å². The number of rotatable bonds is 4. The lowest BCUT2D eigenvalue weighted by atomic mass is 10.1. The maximum Gasteiger partial charge on any atom is 0.339 e. The van der Waals surface area contributed by atoms with Crippen LogP contribution in [0.3, 0.4) is 0 Å². The SMILES string of the molecule is Cc1oc(CNC(=O)c2ccc3c(c2)NC(=O)[C@@H](C)S3)cc1C(=O)O. The normalized spacial score (nSPS) is 16.1. The van der Waals surface area contributed by atoms with Crippen LogP contribution in [0.4, 0.5) is 5.69 Å². The van der Waals surface area contributed by atoms with Crippen LogP contribution in [-0.4, -0.2) is 28.1 Å². The first-order chi connectivity index (χ1) is 11.8. The zero-order chi connectivity index (χ0) is 18.1. The van der Waals surface area contributed by atoms with E-state index in [1.807, 2.05) is 6.92 Å². The highest BCUT2D eigenvalue weighted by Crippen LogP contribution is 2.35. The van der Waals surface area contributed by atoms with E-state index in [2.05, 4.69) is 10.6 Å².